The molecular weight excluding hydrogens is 262 g/mol. The highest BCUT2D eigenvalue weighted by atomic mass is 14.9. The molecule has 0 aliphatic carbocycles. The van der Waals surface area contributed by atoms with Gasteiger partial charge in [0.2, 0.25) is 0 Å². The van der Waals surface area contributed by atoms with Crippen molar-refractivity contribution in [1.29, 1.82) is 0 Å². The average Bonchev–Trinajstić information content (AvgIpc) is 2.90. The van der Waals surface area contributed by atoms with Crippen LogP contribution in [0.25, 0.3) is 22.6 Å². The minimum Gasteiger partial charge on any atom is -0.383 e. The number of hydrogen-bond acceptors (Lipinski definition) is 3. The maximum atomic E-state index is 6.01. The molecule has 0 saturated heterocycles. The molecule has 106 valence electrons. The molecule has 1 aromatic carbocycles. The molecule has 3 rings (SSSR count). The Labute approximate surface area is 123 Å². The van der Waals surface area contributed by atoms with Crippen LogP contribution in [0.15, 0.2) is 47.6 Å². The average molecular weight is 279 g/mol. The summed E-state index contributed by atoms with van der Waals surface area (Å²) in [5.74, 6) is 1.29. The van der Waals surface area contributed by atoms with Crippen LogP contribution < -0.4 is 5.73 Å². The molecule has 0 atom stereocenters. The molecule has 3 N–H and O–H groups in total. The molecule has 0 aliphatic heterocycles. The first-order chi connectivity index (χ1) is 10.1. The van der Waals surface area contributed by atoms with Gasteiger partial charge in [-0.25, -0.2) is 4.98 Å². The standard InChI is InChI=1S/C16H17N5/c1-10(2)19-15(17)11-6-7-12-14(9-11)21-16(20-12)13-5-3-4-8-18-13/h3-10H,1-2H3,(H2,17,19)(H,20,21). The Hall–Kier alpha value is -2.69. The SMILES string of the molecule is CC(C)N=C(N)c1ccc2nc(-c3ccccn3)[nH]c2c1. The molecule has 0 amide bonds. The van der Waals surface area contributed by atoms with Gasteiger partial charge in [0.1, 0.15) is 11.5 Å². The van der Waals surface area contributed by atoms with Crippen molar-refractivity contribution in [3.63, 3.8) is 0 Å². The minimum absolute atomic E-state index is 0.173. The Kier molecular flexibility index (Phi) is 3.39. The molecule has 5 nitrogen and oxygen atoms in total. The summed E-state index contributed by atoms with van der Waals surface area (Å²) in [5.41, 5.74) is 9.53. The van der Waals surface area contributed by atoms with Gasteiger partial charge in [0, 0.05) is 17.8 Å². The molecular formula is C16H17N5. The zero-order chi connectivity index (χ0) is 14.8. The van der Waals surface area contributed by atoms with Gasteiger partial charge < -0.3 is 10.7 Å². The molecule has 3 aromatic rings. The van der Waals surface area contributed by atoms with E-state index >= 15 is 0 Å². The fourth-order valence-corrected chi connectivity index (χ4v) is 2.15. The normalized spacial score (nSPS) is 12.2. The monoisotopic (exact) mass is 279 g/mol. The van der Waals surface area contributed by atoms with E-state index in [4.69, 9.17) is 5.73 Å². The summed E-state index contributed by atoms with van der Waals surface area (Å²) < 4.78 is 0. The molecule has 0 saturated carbocycles. The highest BCUT2D eigenvalue weighted by molar-refractivity contribution is 6.00. The third kappa shape index (κ3) is 2.76. The second-order valence-corrected chi connectivity index (χ2v) is 5.14. The van der Waals surface area contributed by atoms with Gasteiger partial charge in [0.25, 0.3) is 0 Å². The maximum absolute atomic E-state index is 6.01. The zero-order valence-corrected chi connectivity index (χ0v) is 12.0. The number of hydrogen-bond donors (Lipinski definition) is 2. The van der Waals surface area contributed by atoms with Crippen LogP contribution in [0.5, 0.6) is 0 Å². The quantitative estimate of drug-likeness (QED) is 0.571. The van der Waals surface area contributed by atoms with Crippen LogP contribution in [0.3, 0.4) is 0 Å². The van der Waals surface area contributed by atoms with E-state index in [9.17, 15) is 0 Å². The number of aromatic amines is 1. The highest BCUT2D eigenvalue weighted by Gasteiger charge is 2.08. The molecule has 2 heterocycles. The number of rotatable bonds is 3. The number of benzene rings is 1. The summed E-state index contributed by atoms with van der Waals surface area (Å²) in [5, 5.41) is 0. The van der Waals surface area contributed by atoms with Crippen LogP contribution >= 0.6 is 0 Å². The molecule has 5 heteroatoms. The van der Waals surface area contributed by atoms with Gasteiger partial charge in [-0.1, -0.05) is 6.07 Å². The summed E-state index contributed by atoms with van der Waals surface area (Å²) in [6.45, 7) is 4.00. The van der Waals surface area contributed by atoms with E-state index in [0.29, 0.717) is 5.84 Å². The van der Waals surface area contributed by atoms with Crippen molar-refractivity contribution >= 4 is 16.9 Å². The Balaban J connectivity index is 2.03. The maximum Gasteiger partial charge on any atom is 0.157 e. The van der Waals surface area contributed by atoms with E-state index in [1.54, 1.807) is 6.20 Å². The van der Waals surface area contributed by atoms with Crippen molar-refractivity contribution in [2.45, 2.75) is 19.9 Å². The fourth-order valence-electron chi connectivity index (χ4n) is 2.15. The van der Waals surface area contributed by atoms with Crippen molar-refractivity contribution in [2.24, 2.45) is 10.7 Å². The van der Waals surface area contributed by atoms with Gasteiger partial charge in [-0.05, 0) is 44.2 Å². The summed E-state index contributed by atoms with van der Waals surface area (Å²) in [6, 6.07) is 11.8. The lowest BCUT2D eigenvalue weighted by Crippen LogP contribution is -2.15. The van der Waals surface area contributed by atoms with Crippen LogP contribution in [-0.2, 0) is 0 Å². The fraction of sp³-hybridized carbons (Fsp3) is 0.188. The largest absolute Gasteiger partial charge is 0.383 e. The van der Waals surface area contributed by atoms with Crippen molar-refractivity contribution in [3.8, 4) is 11.5 Å². The van der Waals surface area contributed by atoms with E-state index in [1.165, 1.54) is 0 Å². The molecule has 0 bridgehead atoms. The number of aromatic nitrogens is 3. The second kappa shape index (κ2) is 5.36. The third-order valence-corrected chi connectivity index (χ3v) is 3.08. The number of pyridine rings is 1. The first-order valence-corrected chi connectivity index (χ1v) is 6.88. The minimum atomic E-state index is 0.173. The van der Waals surface area contributed by atoms with Crippen LogP contribution in [-0.4, -0.2) is 26.8 Å². The predicted molar refractivity (Wildman–Crippen MR) is 85.2 cm³/mol. The summed E-state index contributed by atoms with van der Waals surface area (Å²) in [4.78, 5) is 16.5. The molecule has 21 heavy (non-hydrogen) atoms. The predicted octanol–water partition coefficient (Wildman–Crippen LogP) is 2.74. The van der Waals surface area contributed by atoms with E-state index in [-0.39, 0.29) is 6.04 Å². The summed E-state index contributed by atoms with van der Waals surface area (Å²) >= 11 is 0. The van der Waals surface area contributed by atoms with Crippen LogP contribution in [0.1, 0.15) is 19.4 Å². The Morgan fingerprint density at radius 2 is 2.10 bits per heavy atom. The summed E-state index contributed by atoms with van der Waals surface area (Å²) in [6.07, 6.45) is 1.75. The Morgan fingerprint density at radius 3 is 2.81 bits per heavy atom. The number of nitrogens with two attached hydrogens (primary N) is 1. The third-order valence-electron chi connectivity index (χ3n) is 3.08. The van der Waals surface area contributed by atoms with Crippen molar-refractivity contribution in [1.82, 2.24) is 15.0 Å². The number of aliphatic imine (C=N–C) groups is 1. The van der Waals surface area contributed by atoms with Gasteiger partial charge in [-0.3, -0.25) is 9.98 Å². The number of H-pyrrole nitrogens is 1. The Morgan fingerprint density at radius 1 is 1.24 bits per heavy atom. The molecule has 0 spiro atoms. The smallest absolute Gasteiger partial charge is 0.157 e. The van der Waals surface area contributed by atoms with E-state index < -0.39 is 0 Å². The van der Waals surface area contributed by atoms with Crippen LogP contribution in [0, 0.1) is 0 Å². The molecule has 0 radical (unpaired) electrons. The molecule has 0 unspecified atom stereocenters. The van der Waals surface area contributed by atoms with Crippen LogP contribution in [0.4, 0.5) is 0 Å². The van der Waals surface area contributed by atoms with Gasteiger partial charge in [-0.15, -0.1) is 0 Å². The number of amidine groups is 1. The van der Waals surface area contributed by atoms with Gasteiger partial charge >= 0.3 is 0 Å². The number of fused-ring (bicyclic) bond motifs is 1. The van der Waals surface area contributed by atoms with Crippen molar-refractivity contribution < 1.29 is 0 Å². The molecule has 0 aliphatic rings. The first-order valence-electron chi connectivity index (χ1n) is 6.88. The van der Waals surface area contributed by atoms with Crippen LogP contribution in [0.2, 0.25) is 0 Å². The lowest BCUT2D eigenvalue weighted by Gasteiger charge is -2.03. The lowest BCUT2D eigenvalue weighted by molar-refractivity contribution is 0.834. The topological polar surface area (TPSA) is 79.9 Å². The first kappa shape index (κ1) is 13.3. The highest BCUT2D eigenvalue weighted by Crippen LogP contribution is 2.19. The van der Waals surface area contributed by atoms with Gasteiger partial charge in [0.15, 0.2) is 5.82 Å². The lowest BCUT2D eigenvalue weighted by atomic mass is 10.2. The van der Waals surface area contributed by atoms with Crippen molar-refractivity contribution in [3.05, 3.63) is 48.2 Å². The second-order valence-electron chi connectivity index (χ2n) is 5.14. The Bertz CT molecular complexity index is 787. The van der Waals surface area contributed by atoms with E-state index in [2.05, 4.69) is 19.9 Å². The number of nitrogens with one attached hydrogen (secondary N) is 1. The summed E-state index contributed by atoms with van der Waals surface area (Å²) in [7, 11) is 0. The number of imidazole rings is 1. The van der Waals surface area contributed by atoms with Gasteiger partial charge in [-0.2, -0.15) is 0 Å². The van der Waals surface area contributed by atoms with E-state index in [0.717, 1.165) is 28.1 Å². The molecule has 0 fully saturated rings. The number of nitrogens with zero attached hydrogens (tertiary/aromatic N) is 3. The van der Waals surface area contributed by atoms with Gasteiger partial charge in [0.05, 0.1) is 11.0 Å². The molecule has 2 aromatic heterocycles. The van der Waals surface area contributed by atoms with Crippen molar-refractivity contribution in [2.75, 3.05) is 0 Å². The zero-order valence-electron chi connectivity index (χ0n) is 12.0. The van der Waals surface area contributed by atoms with E-state index in [1.807, 2.05) is 50.2 Å².